The van der Waals surface area contributed by atoms with Crippen LogP contribution < -0.4 is 14.2 Å². The average molecular weight is 527 g/mol. The van der Waals surface area contributed by atoms with E-state index in [1.807, 2.05) is 54.6 Å². The molecule has 3 unspecified atom stereocenters. The number of rotatable bonds is 4. The zero-order valence-corrected chi connectivity index (χ0v) is 20.8. The highest BCUT2D eigenvalue weighted by Gasteiger charge is 2.69. The van der Waals surface area contributed by atoms with Crippen LogP contribution in [0.5, 0.6) is 17.2 Å². The van der Waals surface area contributed by atoms with Crippen LogP contribution in [0.3, 0.4) is 0 Å². The van der Waals surface area contributed by atoms with Crippen molar-refractivity contribution in [2.75, 3.05) is 14.2 Å². The van der Waals surface area contributed by atoms with Crippen LogP contribution in [0.1, 0.15) is 42.4 Å². The fourth-order valence-corrected chi connectivity index (χ4v) is 5.55. The topological polar surface area (TPSA) is 85.2 Å². The minimum Gasteiger partial charge on any atom is -0.496 e. The summed E-state index contributed by atoms with van der Waals surface area (Å²) in [5, 5.41) is 19.7. The minimum absolute atomic E-state index is 0.0204. The van der Waals surface area contributed by atoms with Gasteiger partial charge in [0.1, 0.15) is 22.8 Å². The van der Waals surface area contributed by atoms with Gasteiger partial charge in [-0.2, -0.15) is 0 Å². The van der Waals surface area contributed by atoms with Crippen molar-refractivity contribution in [1.29, 1.82) is 0 Å². The van der Waals surface area contributed by atoms with Gasteiger partial charge >= 0.3 is 0 Å². The molecule has 3 aromatic carbocycles. The lowest BCUT2D eigenvalue weighted by Crippen LogP contribution is -2.48. The second kappa shape index (κ2) is 9.31. The number of aliphatic hydroxyl groups is 1. The molecule has 0 spiro atoms. The third kappa shape index (κ3) is 3.83. The number of carbonyl (C=O) groups is 1. The van der Waals surface area contributed by atoms with E-state index < -0.39 is 17.2 Å². The van der Waals surface area contributed by atoms with Crippen molar-refractivity contribution in [2.45, 2.75) is 36.9 Å². The van der Waals surface area contributed by atoms with E-state index >= 15 is 0 Å². The quantitative estimate of drug-likeness (QED) is 0.459. The largest absolute Gasteiger partial charge is 0.496 e. The number of halogens is 1. The van der Waals surface area contributed by atoms with Crippen molar-refractivity contribution in [3.05, 3.63) is 87.9 Å². The van der Waals surface area contributed by atoms with E-state index in [4.69, 9.17) is 24.1 Å². The number of carboxylic acids is 1. The molecular weight excluding hydrogens is 500 g/mol. The van der Waals surface area contributed by atoms with E-state index in [0.717, 1.165) is 28.9 Å². The van der Waals surface area contributed by atoms with Crippen LogP contribution in [0, 0.1) is 0 Å². The molecule has 178 valence electrons. The number of fused-ring (bicyclic) bond motifs is 3. The second-order valence-corrected chi connectivity index (χ2v) is 9.34. The Labute approximate surface area is 207 Å². The molecule has 0 aromatic heterocycles. The van der Waals surface area contributed by atoms with Crippen molar-refractivity contribution in [3.8, 4) is 17.2 Å². The lowest BCUT2D eigenvalue weighted by Gasteiger charge is -2.40. The SMILES string of the molecule is CC(=O)O.COc1cc(OC)c2c(c1)OC1(c3ccc(Br)cc3)C(c3ccccc3)CCC21O. The highest BCUT2D eigenvalue weighted by molar-refractivity contribution is 9.10. The van der Waals surface area contributed by atoms with E-state index in [2.05, 4.69) is 28.1 Å². The Balaban J connectivity index is 0.000000636. The Kier molecular flexibility index (Phi) is 6.60. The summed E-state index contributed by atoms with van der Waals surface area (Å²) in [6.07, 6.45) is 1.36. The maximum atomic E-state index is 12.3. The third-order valence-electron chi connectivity index (χ3n) is 6.55. The molecular formula is C27H27BrO6. The number of methoxy groups -OCH3 is 2. The maximum absolute atomic E-state index is 12.3. The fraction of sp³-hybridized carbons (Fsp3) is 0.296. The zero-order chi connectivity index (χ0) is 24.5. The molecule has 1 heterocycles. The molecule has 5 rings (SSSR count). The lowest BCUT2D eigenvalue weighted by atomic mass is 9.71. The molecule has 2 aliphatic rings. The normalized spacial score (nSPS) is 24.2. The van der Waals surface area contributed by atoms with E-state index in [-0.39, 0.29) is 5.92 Å². The number of ether oxygens (including phenoxy) is 3. The van der Waals surface area contributed by atoms with Gasteiger partial charge in [-0.15, -0.1) is 0 Å². The summed E-state index contributed by atoms with van der Waals surface area (Å²) in [5.41, 5.74) is 0.602. The van der Waals surface area contributed by atoms with Crippen molar-refractivity contribution in [1.82, 2.24) is 0 Å². The van der Waals surface area contributed by atoms with Crippen LogP contribution >= 0.6 is 15.9 Å². The first kappa shape index (κ1) is 24.1. The number of hydrogen-bond acceptors (Lipinski definition) is 5. The molecule has 1 fully saturated rings. The molecule has 1 aliphatic carbocycles. The number of aliphatic carboxylic acids is 1. The average Bonchev–Trinajstić information content (AvgIpc) is 3.26. The number of carboxylic acid groups (broad SMARTS) is 1. The van der Waals surface area contributed by atoms with Gasteiger partial charge in [0.2, 0.25) is 0 Å². The first-order valence-electron chi connectivity index (χ1n) is 10.9. The first-order valence-corrected chi connectivity index (χ1v) is 11.7. The van der Waals surface area contributed by atoms with Gasteiger partial charge < -0.3 is 24.4 Å². The van der Waals surface area contributed by atoms with Gasteiger partial charge in [-0.25, -0.2) is 0 Å². The van der Waals surface area contributed by atoms with Gasteiger partial charge in [0.25, 0.3) is 5.97 Å². The van der Waals surface area contributed by atoms with Gasteiger partial charge in [-0.3, -0.25) is 4.79 Å². The monoisotopic (exact) mass is 526 g/mol. The first-order chi connectivity index (χ1) is 16.3. The molecule has 1 saturated carbocycles. The second-order valence-electron chi connectivity index (χ2n) is 8.43. The molecule has 0 saturated heterocycles. The molecule has 0 radical (unpaired) electrons. The summed E-state index contributed by atoms with van der Waals surface area (Å²) in [4.78, 5) is 9.00. The summed E-state index contributed by atoms with van der Waals surface area (Å²) < 4.78 is 18.9. The van der Waals surface area contributed by atoms with Crippen molar-refractivity contribution >= 4 is 21.9 Å². The summed E-state index contributed by atoms with van der Waals surface area (Å²) in [5.74, 6) is 0.973. The van der Waals surface area contributed by atoms with Gasteiger partial charge in [0, 0.05) is 29.4 Å². The van der Waals surface area contributed by atoms with Gasteiger partial charge in [-0.1, -0.05) is 58.4 Å². The molecule has 6 nitrogen and oxygen atoms in total. The molecule has 3 aromatic rings. The van der Waals surface area contributed by atoms with Gasteiger partial charge in [-0.05, 0) is 36.1 Å². The van der Waals surface area contributed by atoms with Crippen molar-refractivity contribution in [3.63, 3.8) is 0 Å². The van der Waals surface area contributed by atoms with E-state index in [9.17, 15) is 5.11 Å². The van der Waals surface area contributed by atoms with Crippen LogP contribution in [0.4, 0.5) is 0 Å². The summed E-state index contributed by atoms with van der Waals surface area (Å²) in [7, 11) is 3.23. The summed E-state index contributed by atoms with van der Waals surface area (Å²) in [6.45, 7) is 1.08. The van der Waals surface area contributed by atoms with Crippen LogP contribution in [0.2, 0.25) is 0 Å². The Morgan fingerprint density at radius 3 is 2.29 bits per heavy atom. The Morgan fingerprint density at radius 1 is 1.06 bits per heavy atom. The third-order valence-corrected chi connectivity index (χ3v) is 7.08. The van der Waals surface area contributed by atoms with Crippen molar-refractivity contribution < 1.29 is 29.2 Å². The maximum Gasteiger partial charge on any atom is 0.300 e. The summed E-state index contributed by atoms with van der Waals surface area (Å²) in [6, 6.07) is 22.0. The molecule has 1 aliphatic heterocycles. The van der Waals surface area contributed by atoms with Gasteiger partial charge in [0.15, 0.2) is 5.60 Å². The standard InChI is InChI=1S/C25H23BrO4.C2H4O2/c1-28-19-14-21(29-2)23-22(15-19)30-25(17-8-10-18(26)11-9-17)20(12-13-24(23,25)27)16-6-4-3-5-7-16;1-2(3)4/h3-11,14-15,20,27H,12-13H2,1-2H3;1H3,(H,3,4). The predicted molar refractivity (Wildman–Crippen MR) is 132 cm³/mol. The van der Waals surface area contributed by atoms with E-state index in [1.54, 1.807) is 14.2 Å². The van der Waals surface area contributed by atoms with Crippen LogP contribution in [0.15, 0.2) is 71.2 Å². The number of hydrogen-bond donors (Lipinski definition) is 2. The molecule has 7 heteroatoms. The summed E-state index contributed by atoms with van der Waals surface area (Å²) >= 11 is 3.53. The minimum atomic E-state index is -1.23. The molecule has 3 atom stereocenters. The highest BCUT2D eigenvalue weighted by atomic mass is 79.9. The van der Waals surface area contributed by atoms with Crippen LogP contribution in [-0.2, 0) is 16.0 Å². The van der Waals surface area contributed by atoms with E-state index in [0.29, 0.717) is 29.2 Å². The smallest absolute Gasteiger partial charge is 0.300 e. The molecule has 0 amide bonds. The Morgan fingerprint density at radius 2 is 1.71 bits per heavy atom. The Hall–Kier alpha value is -3.03. The molecule has 0 bridgehead atoms. The van der Waals surface area contributed by atoms with Gasteiger partial charge in [0.05, 0.1) is 19.8 Å². The predicted octanol–water partition coefficient (Wildman–Crippen LogP) is 5.61. The highest BCUT2D eigenvalue weighted by Crippen LogP contribution is 2.68. The van der Waals surface area contributed by atoms with Crippen LogP contribution in [-0.4, -0.2) is 30.4 Å². The lowest BCUT2D eigenvalue weighted by molar-refractivity contribution is -0.134. The van der Waals surface area contributed by atoms with E-state index in [1.165, 1.54) is 0 Å². The Bertz CT molecular complexity index is 1180. The van der Waals surface area contributed by atoms with Crippen molar-refractivity contribution in [2.24, 2.45) is 0 Å². The fourth-order valence-electron chi connectivity index (χ4n) is 5.29. The molecule has 2 N–H and O–H groups in total. The molecule has 34 heavy (non-hydrogen) atoms. The number of benzene rings is 3. The zero-order valence-electron chi connectivity index (χ0n) is 19.2. The van der Waals surface area contributed by atoms with Crippen LogP contribution in [0.25, 0.3) is 0 Å².